The van der Waals surface area contributed by atoms with Crippen LogP contribution in [0.5, 0.6) is 5.75 Å². The Morgan fingerprint density at radius 3 is 2.75 bits per heavy atom. The number of hydrogen-bond donors (Lipinski definition) is 1. The van der Waals surface area contributed by atoms with Crippen LogP contribution in [0.2, 0.25) is 0 Å². The molecule has 0 aliphatic carbocycles. The summed E-state index contributed by atoms with van der Waals surface area (Å²) in [4.78, 5) is 11.0. The normalized spacial score (nSPS) is 10.1. The van der Waals surface area contributed by atoms with Crippen LogP contribution < -0.4 is 4.74 Å². The van der Waals surface area contributed by atoms with Gasteiger partial charge in [0.2, 0.25) is 0 Å². The summed E-state index contributed by atoms with van der Waals surface area (Å²) < 4.78 is 10.4. The maximum atomic E-state index is 11.0. The zero-order valence-corrected chi connectivity index (χ0v) is 9.53. The van der Waals surface area contributed by atoms with Crippen molar-refractivity contribution in [2.75, 3.05) is 20.3 Å². The Labute approximate surface area is 94.8 Å². The second-order valence-electron chi connectivity index (χ2n) is 3.45. The van der Waals surface area contributed by atoms with Crippen molar-refractivity contribution in [2.45, 2.75) is 13.3 Å². The average molecular weight is 224 g/mol. The van der Waals surface area contributed by atoms with E-state index in [1.54, 1.807) is 19.2 Å². The molecule has 4 nitrogen and oxygen atoms in total. The van der Waals surface area contributed by atoms with Crippen molar-refractivity contribution in [1.29, 1.82) is 0 Å². The fraction of sp³-hybridized carbons (Fsp3) is 0.417. The molecule has 0 atom stereocenters. The van der Waals surface area contributed by atoms with Gasteiger partial charge in [-0.3, -0.25) is 0 Å². The van der Waals surface area contributed by atoms with E-state index in [1.165, 1.54) is 0 Å². The number of hydrogen-bond acceptors (Lipinski definition) is 3. The molecule has 0 amide bonds. The quantitative estimate of drug-likeness (QED) is 0.752. The van der Waals surface area contributed by atoms with Gasteiger partial charge in [0, 0.05) is 20.1 Å². The van der Waals surface area contributed by atoms with Crippen molar-refractivity contribution in [3.05, 3.63) is 29.3 Å². The Balaban J connectivity index is 2.73. The van der Waals surface area contributed by atoms with Crippen molar-refractivity contribution in [2.24, 2.45) is 0 Å². The second-order valence-corrected chi connectivity index (χ2v) is 3.45. The summed E-state index contributed by atoms with van der Waals surface area (Å²) in [7, 11) is 1.62. The van der Waals surface area contributed by atoms with Crippen molar-refractivity contribution < 1.29 is 19.4 Å². The molecule has 0 saturated heterocycles. The monoisotopic (exact) mass is 224 g/mol. The van der Waals surface area contributed by atoms with Crippen LogP contribution in [0.25, 0.3) is 0 Å². The highest BCUT2D eigenvalue weighted by Crippen LogP contribution is 2.23. The Bertz CT molecular complexity index is 360. The van der Waals surface area contributed by atoms with E-state index in [0.717, 1.165) is 12.0 Å². The molecule has 0 aliphatic heterocycles. The Morgan fingerprint density at radius 1 is 1.38 bits per heavy atom. The standard InChI is InChI=1S/C12H16O4/c1-9-5-3-6-10(12(13)14)11(9)16-8-4-7-15-2/h3,5-6H,4,7-8H2,1-2H3,(H,13,14). The molecule has 0 spiro atoms. The summed E-state index contributed by atoms with van der Waals surface area (Å²) in [5.41, 5.74) is 1.04. The van der Waals surface area contributed by atoms with Gasteiger partial charge in [-0.2, -0.15) is 0 Å². The van der Waals surface area contributed by atoms with Crippen LogP contribution >= 0.6 is 0 Å². The molecule has 88 valence electrons. The van der Waals surface area contributed by atoms with Crippen LogP contribution in [-0.2, 0) is 4.74 Å². The number of rotatable bonds is 6. The van der Waals surface area contributed by atoms with Gasteiger partial charge in [0.15, 0.2) is 0 Å². The van der Waals surface area contributed by atoms with Gasteiger partial charge in [0.25, 0.3) is 0 Å². The molecular formula is C12H16O4. The fourth-order valence-electron chi connectivity index (χ4n) is 1.39. The highest BCUT2D eigenvalue weighted by atomic mass is 16.5. The minimum absolute atomic E-state index is 0.206. The van der Waals surface area contributed by atoms with E-state index in [4.69, 9.17) is 14.6 Å². The maximum Gasteiger partial charge on any atom is 0.339 e. The lowest BCUT2D eigenvalue weighted by Gasteiger charge is -2.11. The first-order valence-electron chi connectivity index (χ1n) is 5.11. The third-order valence-corrected chi connectivity index (χ3v) is 2.18. The van der Waals surface area contributed by atoms with Crippen molar-refractivity contribution in [3.8, 4) is 5.75 Å². The minimum Gasteiger partial charge on any atom is -0.492 e. The minimum atomic E-state index is -0.967. The largest absolute Gasteiger partial charge is 0.492 e. The summed E-state index contributed by atoms with van der Waals surface area (Å²) in [6, 6.07) is 5.08. The van der Waals surface area contributed by atoms with E-state index in [1.807, 2.05) is 13.0 Å². The molecule has 0 radical (unpaired) electrons. The number of carbonyl (C=O) groups is 1. The van der Waals surface area contributed by atoms with Crippen molar-refractivity contribution in [3.63, 3.8) is 0 Å². The second kappa shape index (κ2) is 6.12. The third-order valence-electron chi connectivity index (χ3n) is 2.18. The highest BCUT2D eigenvalue weighted by Gasteiger charge is 2.12. The number of aromatic carboxylic acids is 1. The molecule has 1 rings (SSSR count). The lowest BCUT2D eigenvalue weighted by atomic mass is 10.1. The molecule has 0 heterocycles. The van der Waals surface area contributed by atoms with Gasteiger partial charge in [-0.25, -0.2) is 4.79 Å². The predicted molar refractivity (Wildman–Crippen MR) is 60.1 cm³/mol. The third kappa shape index (κ3) is 3.24. The molecule has 0 unspecified atom stereocenters. The summed E-state index contributed by atoms with van der Waals surface area (Å²) >= 11 is 0. The Hall–Kier alpha value is -1.55. The predicted octanol–water partition coefficient (Wildman–Crippen LogP) is 2.11. The van der Waals surface area contributed by atoms with Gasteiger partial charge in [-0.15, -0.1) is 0 Å². The lowest BCUT2D eigenvalue weighted by Crippen LogP contribution is -2.07. The summed E-state index contributed by atoms with van der Waals surface area (Å²) in [5, 5.41) is 8.99. The van der Waals surface area contributed by atoms with E-state index in [-0.39, 0.29) is 5.56 Å². The molecule has 1 aromatic rings. The topological polar surface area (TPSA) is 55.8 Å². The Kier molecular flexibility index (Phi) is 4.79. The smallest absolute Gasteiger partial charge is 0.339 e. The first-order chi connectivity index (χ1) is 7.66. The summed E-state index contributed by atoms with van der Waals surface area (Å²) in [6.07, 6.45) is 0.740. The molecular weight excluding hydrogens is 208 g/mol. The number of benzene rings is 1. The first-order valence-corrected chi connectivity index (χ1v) is 5.11. The average Bonchev–Trinajstić information content (AvgIpc) is 2.25. The first kappa shape index (κ1) is 12.5. The van der Waals surface area contributed by atoms with Gasteiger partial charge in [0.05, 0.1) is 6.61 Å². The van der Waals surface area contributed by atoms with Crippen LogP contribution in [0.1, 0.15) is 22.3 Å². The van der Waals surface area contributed by atoms with E-state index in [9.17, 15) is 4.79 Å². The van der Waals surface area contributed by atoms with Gasteiger partial charge in [-0.1, -0.05) is 12.1 Å². The molecule has 4 heteroatoms. The molecule has 0 aliphatic rings. The SMILES string of the molecule is COCCCOc1c(C)cccc1C(=O)O. The van der Waals surface area contributed by atoms with Gasteiger partial charge >= 0.3 is 5.97 Å². The summed E-state index contributed by atoms with van der Waals surface area (Å²) in [6.45, 7) is 2.89. The van der Waals surface area contributed by atoms with Crippen molar-refractivity contribution >= 4 is 5.97 Å². The molecule has 0 fully saturated rings. The number of carboxylic acid groups (broad SMARTS) is 1. The van der Waals surface area contributed by atoms with Crippen LogP contribution in [0.4, 0.5) is 0 Å². The number of para-hydroxylation sites is 1. The molecule has 1 N–H and O–H groups in total. The van der Waals surface area contributed by atoms with E-state index in [0.29, 0.717) is 19.0 Å². The lowest BCUT2D eigenvalue weighted by molar-refractivity contribution is 0.0691. The number of ether oxygens (including phenoxy) is 2. The molecule has 0 aromatic heterocycles. The molecule has 0 saturated carbocycles. The van der Waals surface area contributed by atoms with Crippen LogP contribution in [-0.4, -0.2) is 31.4 Å². The van der Waals surface area contributed by atoms with Crippen LogP contribution in [0.15, 0.2) is 18.2 Å². The van der Waals surface area contributed by atoms with Gasteiger partial charge < -0.3 is 14.6 Å². The number of methoxy groups -OCH3 is 1. The highest BCUT2D eigenvalue weighted by molar-refractivity contribution is 5.91. The molecule has 16 heavy (non-hydrogen) atoms. The number of aryl methyl sites for hydroxylation is 1. The van der Waals surface area contributed by atoms with Crippen molar-refractivity contribution in [1.82, 2.24) is 0 Å². The number of carboxylic acids is 1. The van der Waals surface area contributed by atoms with E-state index >= 15 is 0 Å². The summed E-state index contributed by atoms with van der Waals surface area (Å²) in [5.74, 6) is -0.517. The van der Waals surface area contributed by atoms with Gasteiger partial charge in [0.1, 0.15) is 11.3 Å². The van der Waals surface area contributed by atoms with E-state index < -0.39 is 5.97 Å². The maximum absolute atomic E-state index is 11.0. The van der Waals surface area contributed by atoms with Gasteiger partial charge in [-0.05, 0) is 18.6 Å². The zero-order chi connectivity index (χ0) is 12.0. The fourth-order valence-corrected chi connectivity index (χ4v) is 1.39. The zero-order valence-electron chi connectivity index (χ0n) is 9.53. The molecule has 0 bridgehead atoms. The van der Waals surface area contributed by atoms with Crippen LogP contribution in [0, 0.1) is 6.92 Å². The Morgan fingerprint density at radius 2 is 2.12 bits per heavy atom. The van der Waals surface area contributed by atoms with Crippen LogP contribution in [0.3, 0.4) is 0 Å². The van der Waals surface area contributed by atoms with E-state index in [2.05, 4.69) is 0 Å². The molecule has 1 aromatic carbocycles.